The molecule has 2 amide bonds. The zero-order valence-electron chi connectivity index (χ0n) is 17.7. The highest BCUT2D eigenvalue weighted by Crippen LogP contribution is 2.30. The topological polar surface area (TPSA) is 107 Å². The van der Waals surface area contributed by atoms with Gasteiger partial charge in [0.05, 0.1) is 37.5 Å². The SMILES string of the molecule is COCCOCCOCC(=O)N1CCC(c2nc(C(=O)NC3CCSC3=O)cs2)CC1. The van der Waals surface area contributed by atoms with Crippen molar-refractivity contribution in [1.82, 2.24) is 15.2 Å². The van der Waals surface area contributed by atoms with Crippen molar-refractivity contribution in [3.05, 3.63) is 16.1 Å². The number of nitrogens with zero attached hydrogens (tertiary/aromatic N) is 2. The number of amides is 2. The van der Waals surface area contributed by atoms with E-state index in [2.05, 4.69) is 10.3 Å². The molecule has 172 valence electrons. The molecule has 1 N–H and O–H groups in total. The third kappa shape index (κ3) is 7.25. The van der Waals surface area contributed by atoms with E-state index in [-0.39, 0.29) is 29.5 Å². The Kier molecular flexibility index (Phi) is 9.72. The predicted molar refractivity (Wildman–Crippen MR) is 118 cm³/mol. The quantitative estimate of drug-likeness (QED) is 0.481. The van der Waals surface area contributed by atoms with Crippen molar-refractivity contribution in [2.45, 2.75) is 31.2 Å². The number of rotatable bonds is 11. The first-order valence-corrected chi connectivity index (χ1v) is 12.3. The van der Waals surface area contributed by atoms with Gasteiger partial charge in [0.15, 0.2) is 0 Å². The van der Waals surface area contributed by atoms with E-state index in [1.807, 2.05) is 4.90 Å². The van der Waals surface area contributed by atoms with Crippen molar-refractivity contribution < 1.29 is 28.6 Å². The van der Waals surface area contributed by atoms with Gasteiger partial charge in [-0.1, -0.05) is 11.8 Å². The minimum absolute atomic E-state index is 0.0171. The zero-order valence-corrected chi connectivity index (χ0v) is 19.3. The lowest BCUT2D eigenvalue weighted by atomic mass is 9.97. The van der Waals surface area contributed by atoms with Crippen LogP contribution in [0.4, 0.5) is 0 Å². The number of hydrogen-bond donors (Lipinski definition) is 1. The third-order valence-corrected chi connectivity index (χ3v) is 7.24. The first-order chi connectivity index (χ1) is 15.1. The largest absolute Gasteiger partial charge is 0.382 e. The minimum atomic E-state index is -0.406. The molecule has 0 saturated carbocycles. The molecule has 0 spiro atoms. The number of nitrogens with one attached hydrogen (secondary N) is 1. The third-order valence-electron chi connectivity index (χ3n) is 5.22. The summed E-state index contributed by atoms with van der Waals surface area (Å²) in [6, 6.07) is -0.406. The Bertz CT molecular complexity index is 751. The monoisotopic (exact) mass is 471 g/mol. The van der Waals surface area contributed by atoms with Gasteiger partial charge < -0.3 is 24.4 Å². The normalized spacial score (nSPS) is 19.7. The second kappa shape index (κ2) is 12.5. The molecule has 2 aliphatic rings. The Balaban J connectivity index is 1.36. The summed E-state index contributed by atoms with van der Waals surface area (Å²) in [7, 11) is 1.62. The molecule has 0 aliphatic carbocycles. The van der Waals surface area contributed by atoms with Gasteiger partial charge in [0.2, 0.25) is 11.0 Å². The predicted octanol–water partition coefficient (Wildman–Crippen LogP) is 1.29. The van der Waals surface area contributed by atoms with Gasteiger partial charge in [0.1, 0.15) is 12.3 Å². The number of likely N-dealkylation sites (tertiary alicyclic amines) is 1. The molecule has 1 unspecified atom stereocenters. The number of carbonyl (C=O) groups is 3. The molecule has 3 heterocycles. The number of methoxy groups -OCH3 is 1. The minimum Gasteiger partial charge on any atom is -0.382 e. The molecule has 2 saturated heterocycles. The maximum absolute atomic E-state index is 12.4. The van der Waals surface area contributed by atoms with E-state index in [0.717, 1.165) is 23.6 Å². The number of piperidine rings is 1. The zero-order chi connectivity index (χ0) is 22.1. The van der Waals surface area contributed by atoms with Crippen molar-refractivity contribution in [1.29, 1.82) is 0 Å². The molecule has 0 bridgehead atoms. The lowest BCUT2D eigenvalue weighted by Gasteiger charge is -2.31. The molecule has 31 heavy (non-hydrogen) atoms. The summed E-state index contributed by atoms with van der Waals surface area (Å²) in [5.74, 6) is 0.665. The number of aromatic nitrogens is 1. The average molecular weight is 472 g/mol. The highest BCUT2D eigenvalue weighted by Gasteiger charge is 2.29. The summed E-state index contributed by atoms with van der Waals surface area (Å²) >= 11 is 2.72. The van der Waals surface area contributed by atoms with Gasteiger partial charge in [0, 0.05) is 37.3 Å². The van der Waals surface area contributed by atoms with Crippen molar-refractivity contribution in [2.75, 3.05) is 59.0 Å². The Hall–Kier alpha value is -1.53. The van der Waals surface area contributed by atoms with Gasteiger partial charge in [-0.25, -0.2) is 4.98 Å². The fraction of sp³-hybridized carbons (Fsp3) is 0.700. The number of thiazole rings is 1. The van der Waals surface area contributed by atoms with Gasteiger partial charge in [0.25, 0.3) is 5.91 Å². The Morgan fingerprint density at radius 3 is 2.61 bits per heavy atom. The van der Waals surface area contributed by atoms with E-state index in [9.17, 15) is 14.4 Å². The molecule has 9 nitrogen and oxygen atoms in total. The first kappa shape index (κ1) is 24.1. The lowest BCUT2D eigenvalue weighted by Crippen LogP contribution is -2.40. The summed E-state index contributed by atoms with van der Waals surface area (Å²) in [6.45, 7) is 3.21. The number of ether oxygens (including phenoxy) is 3. The summed E-state index contributed by atoms with van der Waals surface area (Å²) in [5, 5.41) is 5.45. The molecule has 1 aromatic rings. The van der Waals surface area contributed by atoms with Crippen molar-refractivity contribution >= 4 is 40.0 Å². The van der Waals surface area contributed by atoms with Crippen LogP contribution in [-0.4, -0.2) is 91.8 Å². The Labute approximate surface area is 190 Å². The van der Waals surface area contributed by atoms with Crippen LogP contribution in [0.5, 0.6) is 0 Å². The van der Waals surface area contributed by atoms with Crippen LogP contribution in [0.25, 0.3) is 0 Å². The second-order valence-electron chi connectivity index (χ2n) is 7.37. The molecule has 2 aliphatic heterocycles. The molecule has 0 radical (unpaired) electrons. The van der Waals surface area contributed by atoms with Gasteiger partial charge in [-0.3, -0.25) is 14.4 Å². The van der Waals surface area contributed by atoms with E-state index in [1.165, 1.54) is 23.1 Å². The first-order valence-electron chi connectivity index (χ1n) is 10.4. The van der Waals surface area contributed by atoms with Crippen LogP contribution in [0.3, 0.4) is 0 Å². The summed E-state index contributed by atoms with van der Waals surface area (Å²) in [6.07, 6.45) is 2.28. The molecule has 3 rings (SSSR count). The van der Waals surface area contributed by atoms with Crippen molar-refractivity contribution in [3.8, 4) is 0 Å². The standard InChI is InChI=1S/C20H29N3O6S2/c1-27-7-8-28-9-10-29-12-17(24)23-5-2-14(3-6-23)19-22-16(13-31-19)18(25)21-15-4-11-30-20(15)26/h13-15H,2-12H2,1H3,(H,21,25). The van der Waals surface area contributed by atoms with Crippen molar-refractivity contribution in [2.24, 2.45) is 0 Å². The summed E-state index contributed by atoms with van der Waals surface area (Å²) in [4.78, 5) is 42.7. The van der Waals surface area contributed by atoms with Gasteiger partial charge in [-0.15, -0.1) is 11.3 Å². The van der Waals surface area contributed by atoms with Crippen LogP contribution in [0, 0.1) is 0 Å². The van der Waals surface area contributed by atoms with Crippen LogP contribution < -0.4 is 5.32 Å². The lowest BCUT2D eigenvalue weighted by molar-refractivity contribution is -0.137. The van der Waals surface area contributed by atoms with Crippen LogP contribution in [0.1, 0.15) is 40.7 Å². The second-order valence-corrected chi connectivity index (χ2v) is 9.35. The van der Waals surface area contributed by atoms with Gasteiger partial charge in [-0.05, 0) is 19.3 Å². The Morgan fingerprint density at radius 1 is 1.16 bits per heavy atom. The number of thioether (sulfide) groups is 1. The van der Waals surface area contributed by atoms with Gasteiger partial charge in [-0.2, -0.15) is 0 Å². The van der Waals surface area contributed by atoms with Crippen LogP contribution >= 0.6 is 23.1 Å². The van der Waals surface area contributed by atoms with E-state index < -0.39 is 6.04 Å². The summed E-state index contributed by atoms with van der Waals surface area (Å²) in [5.41, 5.74) is 0.365. The highest BCUT2D eigenvalue weighted by molar-refractivity contribution is 8.14. The highest BCUT2D eigenvalue weighted by atomic mass is 32.2. The van der Waals surface area contributed by atoms with E-state index in [4.69, 9.17) is 14.2 Å². The van der Waals surface area contributed by atoms with E-state index in [0.29, 0.717) is 51.6 Å². The van der Waals surface area contributed by atoms with Gasteiger partial charge >= 0.3 is 0 Å². The molecular weight excluding hydrogens is 442 g/mol. The molecular formula is C20H29N3O6S2. The maximum atomic E-state index is 12.4. The number of hydrogen-bond acceptors (Lipinski definition) is 9. The molecule has 2 fully saturated rings. The summed E-state index contributed by atoms with van der Waals surface area (Å²) < 4.78 is 15.6. The molecule has 1 atom stereocenters. The van der Waals surface area contributed by atoms with Crippen LogP contribution in [-0.2, 0) is 23.8 Å². The van der Waals surface area contributed by atoms with Crippen LogP contribution in [0.15, 0.2) is 5.38 Å². The average Bonchev–Trinajstić information content (AvgIpc) is 3.43. The fourth-order valence-electron chi connectivity index (χ4n) is 3.43. The Morgan fingerprint density at radius 2 is 1.90 bits per heavy atom. The van der Waals surface area contributed by atoms with Crippen LogP contribution in [0.2, 0.25) is 0 Å². The smallest absolute Gasteiger partial charge is 0.271 e. The van der Waals surface area contributed by atoms with E-state index >= 15 is 0 Å². The maximum Gasteiger partial charge on any atom is 0.271 e. The number of carbonyl (C=O) groups excluding carboxylic acids is 3. The van der Waals surface area contributed by atoms with Crippen molar-refractivity contribution in [3.63, 3.8) is 0 Å². The molecule has 0 aromatic carbocycles. The fourth-order valence-corrected chi connectivity index (χ4v) is 5.33. The molecule has 11 heteroatoms. The molecule has 1 aromatic heterocycles. The van der Waals surface area contributed by atoms with E-state index in [1.54, 1.807) is 12.5 Å².